The first-order valence-corrected chi connectivity index (χ1v) is 17.8. The number of hydrogen-bond acceptors (Lipinski definition) is 5. The first-order valence-electron chi connectivity index (χ1n) is 15.6. The summed E-state index contributed by atoms with van der Waals surface area (Å²) in [4.78, 5) is 26.7. The molecule has 13 heteroatoms. The van der Waals surface area contributed by atoms with Gasteiger partial charge in [-0.25, -0.2) is 4.42 Å². The number of hydrazine groups is 1. The van der Waals surface area contributed by atoms with Gasteiger partial charge < -0.3 is 4.74 Å². The molecule has 2 amide bonds. The van der Waals surface area contributed by atoms with Crippen LogP contribution in [0.3, 0.4) is 0 Å². The number of carbonyl (C=O) groups is 2. The van der Waals surface area contributed by atoms with Crippen molar-refractivity contribution in [2.24, 2.45) is 5.10 Å². The predicted molar refractivity (Wildman–Crippen MR) is 202 cm³/mol. The second-order valence-corrected chi connectivity index (χ2v) is 15.0. The highest BCUT2D eigenvalue weighted by Crippen LogP contribution is 2.52. The normalized spacial score (nSPS) is 14.0. The van der Waals surface area contributed by atoms with Gasteiger partial charge in [-0.2, -0.15) is 5.10 Å². The number of halogens is 6. The van der Waals surface area contributed by atoms with E-state index in [1.165, 1.54) is 11.8 Å². The Bertz CT molecular complexity index is 1730. The largest absolute Gasteiger partial charge is 0.480 e. The number of anilines is 2. The van der Waals surface area contributed by atoms with E-state index in [4.69, 9.17) is 74.5 Å². The van der Waals surface area contributed by atoms with Crippen molar-refractivity contribution in [3.63, 3.8) is 0 Å². The van der Waals surface area contributed by atoms with Gasteiger partial charge in [-0.1, -0.05) is 125 Å². The number of carbonyl (C=O) groups excluding carboxylic acids is 2. The Kier molecular flexibility index (Phi) is 12.2. The molecular weight excluding hydrogens is 737 g/mol. The molecule has 0 radical (unpaired) electrons. The lowest BCUT2D eigenvalue weighted by Crippen LogP contribution is -2.37. The van der Waals surface area contributed by atoms with Gasteiger partial charge in [-0.3, -0.25) is 15.0 Å². The fourth-order valence-corrected chi connectivity index (χ4v) is 6.70. The van der Waals surface area contributed by atoms with Gasteiger partial charge in [0.15, 0.2) is 6.10 Å². The molecule has 0 aromatic heterocycles. The summed E-state index contributed by atoms with van der Waals surface area (Å²) in [5.74, 6) is -0.260. The Hall–Kier alpha value is -2.39. The molecule has 3 aromatic carbocycles. The van der Waals surface area contributed by atoms with Crippen LogP contribution in [0.5, 0.6) is 5.75 Å². The zero-order chi connectivity index (χ0) is 35.7. The fraction of sp³-hybridized carbons (Fsp3) is 0.400. The minimum Gasteiger partial charge on any atom is -0.480 e. The zero-order valence-corrected chi connectivity index (χ0v) is 32.3. The third kappa shape index (κ3) is 7.52. The summed E-state index contributed by atoms with van der Waals surface area (Å²) >= 11 is 39.7. The molecule has 1 unspecified atom stereocenters. The van der Waals surface area contributed by atoms with Crippen molar-refractivity contribution < 1.29 is 14.3 Å². The Morgan fingerprint density at radius 1 is 0.917 bits per heavy atom. The molecule has 48 heavy (non-hydrogen) atoms. The van der Waals surface area contributed by atoms with E-state index in [2.05, 4.69) is 64.2 Å². The van der Waals surface area contributed by atoms with E-state index < -0.39 is 12.0 Å². The number of nitrogens with zero attached hydrogens (tertiary/aromatic N) is 3. The van der Waals surface area contributed by atoms with E-state index in [0.29, 0.717) is 12.2 Å². The van der Waals surface area contributed by atoms with Crippen LogP contribution in [0.2, 0.25) is 25.1 Å². The van der Waals surface area contributed by atoms with E-state index in [-0.39, 0.29) is 70.8 Å². The van der Waals surface area contributed by atoms with Crippen molar-refractivity contribution in [2.45, 2.75) is 91.1 Å². The molecule has 4 rings (SSSR count). The summed E-state index contributed by atoms with van der Waals surface area (Å²) in [5.41, 5.74) is 5.68. The van der Waals surface area contributed by atoms with Gasteiger partial charge in [-0.15, -0.1) is 5.12 Å². The zero-order valence-electron chi connectivity index (χ0n) is 27.8. The number of hydrogen-bond donors (Lipinski definition) is 1. The molecule has 0 aliphatic carbocycles. The lowest BCUT2D eigenvalue weighted by Gasteiger charge is -2.32. The molecular formula is C35H38Cl6N4O3. The first-order chi connectivity index (χ1) is 22.5. The fourth-order valence-electron chi connectivity index (χ4n) is 5.12. The molecule has 0 saturated carbocycles. The third-order valence-corrected chi connectivity index (χ3v) is 11.6. The molecule has 0 bridgehead atoms. The quantitative estimate of drug-likeness (QED) is 0.113. The summed E-state index contributed by atoms with van der Waals surface area (Å²) in [5, 5.41) is 4.91. The van der Waals surface area contributed by atoms with Crippen LogP contribution in [-0.2, 0) is 20.4 Å². The van der Waals surface area contributed by atoms with Crippen molar-refractivity contribution in [1.29, 1.82) is 0 Å². The van der Waals surface area contributed by atoms with Crippen molar-refractivity contribution >= 4 is 99.2 Å². The lowest BCUT2D eigenvalue weighted by molar-refractivity contribution is -0.127. The molecule has 1 heterocycles. The van der Waals surface area contributed by atoms with Crippen molar-refractivity contribution in [3.8, 4) is 16.9 Å². The number of rotatable bonds is 12. The molecule has 0 saturated heterocycles. The van der Waals surface area contributed by atoms with E-state index in [1.54, 1.807) is 18.2 Å². The number of nitrogens with one attached hydrogen (secondary N) is 1. The SMILES string of the molecule is CCC(Oc1ccc(C(C)(C)CC)cc1C(C)(C)CC)C(=O)N(Cl)c1cccc(NN2N=CCC2=O)c1-c1c(Cl)c(Cl)c(Cl)c(Cl)c1Cl. The molecule has 1 atom stereocenters. The molecule has 7 nitrogen and oxygen atoms in total. The van der Waals surface area contributed by atoms with Gasteiger partial charge in [0.2, 0.25) is 0 Å². The molecule has 0 fully saturated rings. The van der Waals surface area contributed by atoms with Gasteiger partial charge in [0.25, 0.3) is 11.8 Å². The van der Waals surface area contributed by atoms with Gasteiger partial charge in [0.05, 0.1) is 42.9 Å². The predicted octanol–water partition coefficient (Wildman–Crippen LogP) is 11.9. The maximum absolute atomic E-state index is 14.3. The van der Waals surface area contributed by atoms with E-state index in [1.807, 2.05) is 13.0 Å². The summed E-state index contributed by atoms with van der Waals surface area (Å²) < 4.78 is 7.46. The maximum atomic E-state index is 14.3. The molecule has 3 aromatic rings. The molecule has 1 N–H and O–H groups in total. The number of amides is 2. The third-order valence-electron chi connectivity index (χ3n) is 9.01. The Balaban J connectivity index is 1.84. The van der Waals surface area contributed by atoms with Crippen molar-refractivity contribution in [2.75, 3.05) is 9.84 Å². The second-order valence-electron chi connectivity index (χ2n) is 12.8. The molecule has 1 aliphatic rings. The van der Waals surface area contributed by atoms with Crippen LogP contribution < -0.4 is 14.6 Å². The average molecular weight is 775 g/mol. The standard InChI is InChI=1S/C35H38Cl6N4O3/c1-8-23(48-24-15-14-19(34(4,5)9-2)18-20(24)35(6,7)10-3)33(47)44(41)22-13-11-12-21(43-45-25(46)16-17-42-45)26(22)27-28(36)30(38)32(40)31(39)29(27)37/h11-15,17-18,23,43H,8-10,16H2,1-7H3. The van der Waals surface area contributed by atoms with Crippen molar-refractivity contribution in [3.05, 3.63) is 72.6 Å². The van der Waals surface area contributed by atoms with Crippen molar-refractivity contribution in [1.82, 2.24) is 5.12 Å². The van der Waals surface area contributed by atoms with Gasteiger partial charge >= 0.3 is 0 Å². The van der Waals surface area contributed by atoms with Gasteiger partial charge in [0.1, 0.15) is 5.75 Å². The minimum absolute atomic E-state index is 0.0369. The first kappa shape index (κ1) is 38.4. The van der Waals surface area contributed by atoms with E-state index >= 15 is 0 Å². The molecule has 258 valence electrons. The Morgan fingerprint density at radius 3 is 2.06 bits per heavy atom. The van der Waals surface area contributed by atoms with Crippen LogP contribution in [0.25, 0.3) is 11.1 Å². The number of hydrazone groups is 1. The van der Waals surface area contributed by atoms with Gasteiger partial charge in [0, 0.05) is 34.7 Å². The monoisotopic (exact) mass is 772 g/mol. The van der Waals surface area contributed by atoms with Crippen LogP contribution in [0.1, 0.15) is 85.3 Å². The van der Waals surface area contributed by atoms with E-state index in [9.17, 15) is 9.59 Å². The number of benzene rings is 3. The maximum Gasteiger partial charge on any atom is 0.282 e. The average Bonchev–Trinajstić information content (AvgIpc) is 3.48. The Morgan fingerprint density at radius 2 is 1.52 bits per heavy atom. The summed E-state index contributed by atoms with van der Waals surface area (Å²) in [6.07, 6.45) is 2.71. The minimum atomic E-state index is -0.975. The highest BCUT2D eigenvalue weighted by atomic mass is 35.5. The van der Waals surface area contributed by atoms with Crippen LogP contribution in [0, 0.1) is 0 Å². The van der Waals surface area contributed by atoms with E-state index in [0.717, 1.165) is 27.9 Å². The van der Waals surface area contributed by atoms with Crippen LogP contribution in [0.4, 0.5) is 11.4 Å². The topological polar surface area (TPSA) is 74.2 Å². The van der Waals surface area contributed by atoms with Gasteiger partial charge in [-0.05, 0) is 53.9 Å². The van der Waals surface area contributed by atoms with Crippen LogP contribution in [0.15, 0.2) is 41.5 Å². The number of ether oxygens (including phenoxy) is 1. The van der Waals surface area contributed by atoms with Crippen LogP contribution in [-0.4, -0.2) is 29.3 Å². The second kappa shape index (κ2) is 15.2. The highest BCUT2D eigenvalue weighted by Gasteiger charge is 2.34. The summed E-state index contributed by atoms with van der Waals surface area (Å²) in [6.45, 7) is 14.9. The molecule has 1 aliphatic heterocycles. The highest BCUT2D eigenvalue weighted by molar-refractivity contribution is 6.57. The smallest absolute Gasteiger partial charge is 0.282 e. The lowest BCUT2D eigenvalue weighted by atomic mass is 9.76. The summed E-state index contributed by atoms with van der Waals surface area (Å²) in [7, 11) is 0. The summed E-state index contributed by atoms with van der Waals surface area (Å²) in [6, 6.07) is 11.1. The molecule has 0 spiro atoms. The Labute approximate surface area is 312 Å². The van der Waals surface area contributed by atoms with Crippen LogP contribution >= 0.6 is 69.8 Å².